The number of rotatable bonds is 52. The third-order valence-corrected chi connectivity index (χ3v) is 12.7. The molecule has 0 saturated heterocycles. The fraction of sp³-hybridized carbons (Fsp3) is 0.677. The van der Waals surface area contributed by atoms with Gasteiger partial charge in [0.1, 0.15) is 0 Å². The van der Waals surface area contributed by atoms with Crippen LogP contribution in [0.4, 0.5) is 0 Å². The second kappa shape index (κ2) is 59.1. The second-order valence-electron chi connectivity index (χ2n) is 19.3. The zero-order chi connectivity index (χ0) is 49.9. The molecule has 3 N–H and O–H groups in total. The van der Waals surface area contributed by atoms with Crippen molar-refractivity contribution in [3.05, 3.63) is 122 Å². The first-order valence-corrected chi connectivity index (χ1v) is 29.2. The predicted molar refractivity (Wildman–Crippen MR) is 308 cm³/mol. The lowest BCUT2D eigenvalue weighted by Crippen LogP contribution is -2.45. The number of allylic oxidation sites excluding steroid dienone is 19. The first-order chi connectivity index (χ1) is 34.2. The summed E-state index contributed by atoms with van der Waals surface area (Å²) < 4.78 is 0. The van der Waals surface area contributed by atoms with E-state index < -0.39 is 12.1 Å². The number of hydrogen-bond donors (Lipinski definition) is 3. The summed E-state index contributed by atoms with van der Waals surface area (Å²) in [6.45, 7) is 4.19. The highest BCUT2D eigenvalue weighted by atomic mass is 16.3. The Balaban J connectivity index is 3.64. The molecule has 4 heteroatoms. The highest BCUT2D eigenvalue weighted by molar-refractivity contribution is 5.76. The molecule has 0 aromatic carbocycles. The van der Waals surface area contributed by atoms with Crippen molar-refractivity contribution in [3.63, 3.8) is 0 Å². The summed E-state index contributed by atoms with van der Waals surface area (Å²) in [5, 5.41) is 23.2. The van der Waals surface area contributed by atoms with Gasteiger partial charge in [-0.2, -0.15) is 0 Å². The summed E-state index contributed by atoms with van der Waals surface area (Å²) in [5.74, 6) is -0.0880. The van der Waals surface area contributed by atoms with Gasteiger partial charge >= 0.3 is 0 Å². The molecule has 0 bridgehead atoms. The molecule has 69 heavy (non-hydrogen) atoms. The third-order valence-electron chi connectivity index (χ3n) is 12.7. The van der Waals surface area contributed by atoms with Crippen molar-refractivity contribution in [2.24, 2.45) is 0 Å². The van der Waals surface area contributed by atoms with Crippen molar-refractivity contribution >= 4 is 5.91 Å². The summed E-state index contributed by atoms with van der Waals surface area (Å²) in [6.07, 6.45) is 90.7. The summed E-state index contributed by atoms with van der Waals surface area (Å²) >= 11 is 0. The van der Waals surface area contributed by atoms with Crippen LogP contribution in [0.3, 0.4) is 0 Å². The first kappa shape index (κ1) is 65.8. The first-order valence-electron chi connectivity index (χ1n) is 29.2. The number of nitrogens with one attached hydrogen (secondary N) is 1. The fourth-order valence-electron chi connectivity index (χ4n) is 8.25. The van der Waals surface area contributed by atoms with Crippen molar-refractivity contribution in [1.82, 2.24) is 5.32 Å². The zero-order valence-electron chi connectivity index (χ0n) is 45.3. The Bertz CT molecular complexity index is 1360. The molecule has 0 aromatic rings. The van der Waals surface area contributed by atoms with E-state index in [4.69, 9.17) is 0 Å². The van der Waals surface area contributed by atoms with Gasteiger partial charge in [-0.1, -0.05) is 277 Å². The molecule has 394 valence electrons. The molecule has 2 atom stereocenters. The summed E-state index contributed by atoms with van der Waals surface area (Å²) in [6, 6.07) is -0.659. The highest BCUT2D eigenvalue weighted by Gasteiger charge is 2.18. The van der Waals surface area contributed by atoms with Crippen molar-refractivity contribution in [1.29, 1.82) is 0 Å². The van der Waals surface area contributed by atoms with Gasteiger partial charge in [-0.05, 0) is 103 Å². The van der Waals surface area contributed by atoms with Gasteiger partial charge in [0.2, 0.25) is 5.91 Å². The van der Waals surface area contributed by atoms with Gasteiger partial charge in [-0.15, -0.1) is 0 Å². The van der Waals surface area contributed by atoms with Crippen LogP contribution in [0, 0.1) is 0 Å². The number of amides is 1. The van der Waals surface area contributed by atoms with E-state index >= 15 is 0 Å². The van der Waals surface area contributed by atoms with Gasteiger partial charge in [0.25, 0.3) is 0 Å². The maximum absolute atomic E-state index is 12.5. The number of carbonyl (C=O) groups is 1. The van der Waals surface area contributed by atoms with E-state index in [2.05, 4.69) is 129 Å². The molecule has 0 aliphatic rings. The van der Waals surface area contributed by atoms with Crippen molar-refractivity contribution < 1.29 is 15.0 Å². The number of unbranched alkanes of at least 4 members (excludes halogenated alkanes) is 27. The molecule has 0 rings (SSSR count). The summed E-state index contributed by atoms with van der Waals surface area (Å²) in [7, 11) is 0. The van der Waals surface area contributed by atoms with E-state index in [1.807, 2.05) is 6.08 Å². The van der Waals surface area contributed by atoms with Crippen molar-refractivity contribution in [2.75, 3.05) is 6.61 Å². The van der Waals surface area contributed by atoms with Gasteiger partial charge in [0.15, 0.2) is 0 Å². The molecule has 0 aromatic heterocycles. The van der Waals surface area contributed by atoms with Gasteiger partial charge < -0.3 is 15.5 Å². The van der Waals surface area contributed by atoms with Crippen LogP contribution in [0.25, 0.3) is 0 Å². The molecule has 0 saturated carbocycles. The monoisotopic (exact) mass is 954 g/mol. The van der Waals surface area contributed by atoms with Gasteiger partial charge in [0, 0.05) is 6.42 Å². The number of aliphatic hydroxyl groups excluding tert-OH is 2. The minimum absolute atomic E-state index is 0.0880. The van der Waals surface area contributed by atoms with Crippen LogP contribution in [-0.4, -0.2) is 34.9 Å². The van der Waals surface area contributed by atoms with Crippen molar-refractivity contribution in [2.45, 2.75) is 276 Å². The van der Waals surface area contributed by atoms with Crippen LogP contribution < -0.4 is 5.32 Å². The molecule has 1 amide bonds. The van der Waals surface area contributed by atoms with E-state index in [0.29, 0.717) is 6.42 Å². The Hall–Kier alpha value is -3.21. The van der Waals surface area contributed by atoms with Crippen LogP contribution in [0.1, 0.15) is 264 Å². The molecular weight excluding hydrogens is 843 g/mol. The maximum atomic E-state index is 12.5. The maximum Gasteiger partial charge on any atom is 0.220 e. The zero-order valence-corrected chi connectivity index (χ0v) is 45.3. The minimum Gasteiger partial charge on any atom is -0.394 e. The van der Waals surface area contributed by atoms with E-state index in [0.717, 1.165) is 89.9 Å². The van der Waals surface area contributed by atoms with Gasteiger partial charge in [0.05, 0.1) is 18.8 Å². The molecule has 0 aliphatic carbocycles. The Morgan fingerprint density at radius 2 is 0.652 bits per heavy atom. The molecule has 0 spiro atoms. The lowest BCUT2D eigenvalue weighted by atomic mass is 10.0. The average molecular weight is 955 g/mol. The average Bonchev–Trinajstić information content (AvgIpc) is 3.35. The minimum atomic E-state index is -0.883. The Labute approximate surface area is 428 Å². The van der Waals surface area contributed by atoms with Crippen LogP contribution in [0.2, 0.25) is 0 Å². The van der Waals surface area contributed by atoms with Gasteiger partial charge in [-0.3, -0.25) is 4.79 Å². The second-order valence-corrected chi connectivity index (χ2v) is 19.3. The summed E-state index contributed by atoms with van der Waals surface area (Å²) in [5.41, 5.74) is 0. The molecule has 0 aliphatic heterocycles. The molecule has 0 fully saturated rings. The molecular formula is C65H111NO3. The lowest BCUT2D eigenvalue weighted by Gasteiger charge is -2.19. The van der Waals surface area contributed by atoms with E-state index in [9.17, 15) is 15.0 Å². The topological polar surface area (TPSA) is 69.6 Å². The summed E-state index contributed by atoms with van der Waals surface area (Å²) in [4.78, 5) is 12.5. The quantitative estimate of drug-likeness (QED) is 0.0420. The number of aliphatic hydroxyl groups is 2. The number of hydrogen-bond acceptors (Lipinski definition) is 3. The van der Waals surface area contributed by atoms with Crippen molar-refractivity contribution in [3.8, 4) is 0 Å². The van der Waals surface area contributed by atoms with Gasteiger partial charge in [-0.25, -0.2) is 0 Å². The smallest absolute Gasteiger partial charge is 0.220 e. The standard InChI is InChI=1S/C65H111NO3/c1-3-5-7-9-11-13-15-17-19-21-23-25-27-29-31-32-33-34-35-37-39-41-43-45-47-49-51-53-55-57-59-61-65(69)66-63(62-67)64(68)60-58-56-54-52-50-48-46-44-42-40-38-36-30-28-26-24-22-20-18-16-14-12-10-8-6-4-2/h5,7,11,13,17,19,23,25,29,31,33-34,37,39,42,44,50,52,58,60,63-64,67-68H,3-4,6,8-10,12,14-16,18,20-22,24,26-28,30,32,35-36,38,40-41,43,45-49,51,53-57,59,61-62H2,1-2H3,(H,66,69)/b7-5-,13-11-,19-17-,25-23-,31-29-,34-33-,39-37-,44-42+,52-50+,60-58+. The molecule has 0 radical (unpaired) electrons. The van der Waals surface area contributed by atoms with Crippen LogP contribution in [0.15, 0.2) is 122 Å². The SMILES string of the molecule is CC/C=C\C/C=C\C/C=C\C/C=C\C/C=C\C/C=C\C/C=C\CCCCCCCCCCCC(=O)NC(CO)C(O)/C=C/CC/C=C/CC/C=C/CCCCCCCCCCCCCCCCCC. The Kier molecular flexibility index (Phi) is 56.4. The lowest BCUT2D eigenvalue weighted by molar-refractivity contribution is -0.123. The largest absolute Gasteiger partial charge is 0.394 e. The van der Waals surface area contributed by atoms with Crippen LogP contribution in [0.5, 0.6) is 0 Å². The highest BCUT2D eigenvalue weighted by Crippen LogP contribution is 2.15. The van der Waals surface area contributed by atoms with E-state index in [-0.39, 0.29) is 12.5 Å². The Morgan fingerprint density at radius 1 is 0.362 bits per heavy atom. The number of carbonyl (C=O) groups excluding carboxylic acids is 1. The van der Waals surface area contributed by atoms with Crippen LogP contribution in [-0.2, 0) is 4.79 Å². The fourth-order valence-corrected chi connectivity index (χ4v) is 8.25. The van der Waals surface area contributed by atoms with E-state index in [1.165, 1.54) is 154 Å². The molecule has 4 nitrogen and oxygen atoms in total. The molecule has 0 heterocycles. The normalized spacial score (nSPS) is 13.7. The Morgan fingerprint density at radius 3 is 1.01 bits per heavy atom. The third kappa shape index (κ3) is 55.6. The van der Waals surface area contributed by atoms with Crippen LogP contribution >= 0.6 is 0 Å². The van der Waals surface area contributed by atoms with E-state index in [1.54, 1.807) is 6.08 Å². The molecule has 2 unspecified atom stereocenters. The predicted octanol–water partition coefficient (Wildman–Crippen LogP) is 19.6.